The topological polar surface area (TPSA) is 15.3 Å². The quantitative estimate of drug-likeness (QED) is 0.698. The van der Waals surface area contributed by atoms with E-state index in [1.807, 2.05) is 0 Å². The SMILES string of the molecule is CNCC12CCCCCN1CCC2. The molecule has 1 N–H and O–H groups in total. The standard InChI is InChI=1S/C11H22N2/c1-12-10-11-6-3-2-4-8-13(11)9-5-7-11/h12H,2-10H2,1H3. The molecule has 2 heteroatoms. The molecule has 0 saturated carbocycles. The minimum absolute atomic E-state index is 0.547. The highest BCUT2D eigenvalue weighted by Crippen LogP contribution is 2.35. The number of hydrogen-bond donors (Lipinski definition) is 1. The molecule has 0 aromatic rings. The maximum atomic E-state index is 3.39. The summed E-state index contributed by atoms with van der Waals surface area (Å²) in [6, 6.07) is 0. The minimum Gasteiger partial charge on any atom is -0.318 e. The maximum absolute atomic E-state index is 3.39. The molecular formula is C11H22N2. The van der Waals surface area contributed by atoms with Crippen LogP contribution in [-0.2, 0) is 0 Å². The Morgan fingerprint density at radius 2 is 1.85 bits per heavy atom. The van der Waals surface area contributed by atoms with E-state index in [9.17, 15) is 0 Å². The first-order valence-corrected chi connectivity index (χ1v) is 5.77. The van der Waals surface area contributed by atoms with Crippen molar-refractivity contribution >= 4 is 0 Å². The van der Waals surface area contributed by atoms with Crippen LogP contribution in [0.15, 0.2) is 0 Å². The molecule has 2 saturated heterocycles. The van der Waals surface area contributed by atoms with Gasteiger partial charge in [0.2, 0.25) is 0 Å². The third-order valence-corrected chi connectivity index (χ3v) is 3.82. The average Bonchev–Trinajstić information content (AvgIpc) is 2.41. The summed E-state index contributed by atoms with van der Waals surface area (Å²) >= 11 is 0. The number of nitrogens with one attached hydrogen (secondary N) is 1. The summed E-state index contributed by atoms with van der Waals surface area (Å²) in [5, 5.41) is 3.39. The van der Waals surface area contributed by atoms with Gasteiger partial charge in [0.05, 0.1) is 0 Å². The van der Waals surface area contributed by atoms with Crippen LogP contribution in [-0.4, -0.2) is 37.1 Å². The van der Waals surface area contributed by atoms with Gasteiger partial charge in [-0.15, -0.1) is 0 Å². The van der Waals surface area contributed by atoms with Gasteiger partial charge in [-0.05, 0) is 45.8 Å². The summed E-state index contributed by atoms with van der Waals surface area (Å²) in [7, 11) is 2.09. The van der Waals surface area contributed by atoms with Crippen LogP contribution in [0.1, 0.15) is 38.5 Å². The van der Waals surface area contributed by atoms with E-state index < -0.39 is 0 Å². The second-order valence-electron chi connectivity index (χ2n) is 4.66. The summed E-state index contributed by atoms with van der Waals surface area (Å²) in [6.07, 6.45) is 8.58. The molecule has 0 amide bonds. The van der Waals surface area contributed by atoms with Gasteiger partial charge in [0.1, 0.15) is 0 Å². The van der Waals surface area contributed by atoms with Gasteiger partial charge in [0.25, 0.3) is 0 Å². The van der Waals surface area contributed by atoms with Gasteiger partial charge >= 0.3 is 0 Å². The number of fused-ring (bicyclic) bond motifs is 1. The maximum Gasteiger partial charge on any atom is 0.0334 e. The number of hydrogen-bond acceptors (Lipinski definition) is 2. The normalized spacial score (nSPS) is 35.8. The lowest BCUT2D eigenvalue weighted by Crippen LogP contribution is -2.49. The Morgan fingerprint density at radius 3 is 2.69 bits per heavy atom. The van der Waals surface area contributed by atoms with Crippen molar-refractivity contribution in [3.63, 3.8) is 0 Å². The molecule has 2 aliphatic heterocycles. The lowest BCUT2D eigenvalue weighted by atomic mass is 9.90. The van der Waals surface area contributed by atoms with Crippen molar-refractivity contribution < 1.29 is 0 Å². The first-order valence-electron chi connectivity index (χ1n) is 5.77. The monoisotopic (exact) mass is 182 g/mol. The van der Waals surface area contributed by atoms with Gasteiger partial charge in [-0.1, -0.05) is 12.8 Å². The molecule has 2 heterocycles. The lowest BCUT2D eigenvalue weighted by Gasteiger charge is -2.37. The molecule has 0 aromatic heterocycles. The second-order valence-corrected chi connectivity index (χ2v) is 4.66. The molecule has 0 aromatic carbocycles. The molecule has 0 spiro atoms. The molecule has 2 rings (SSSR count). The first-order chi connectivity index (χ1) is 6.37. The summed E-state index contributed by atoms with van der Waals surface area (Å²) in [5.41, 5.74) is 0.547. The van der Waals surface area contributed by atoms with E-state index in [-0.39, 0.29) is 0 Å². The Hall–Kier alpha value is -0.0800. The van der Waals surface area contributed by atoms with Crippen LogP contribution in [0.5, 0.6) is 0 Å². The van der Waals surface area contributed by atoms with Crippen molar-refractivity contribution in [2.45, 2.75) is 44.1 Å². The highest BCUT2D eigenvalue weighted by Gasteiger charge is 2.40. The molecule has 2 aliphatic rings. The Bertz CT molecular complexity index is 169. The number of nitrogens with zero attached hydrogens (tertiary/aromatic N) is 1. The summed E-state index contributed by atoms with van der Waals surface area (Å²) < 4.78 is 0. The van der Waals surface area contributed by atoms with Crippen molar-refractivity contribution in [1.82, 2.24) is 10.2 Å². The fourth-order valence-electron chi connectivity index (χ4n) is 3.18. The fourth-order valence-corrected chi connectivity index (χ4v) is 3.18. The summed E-state index contributed by atoms with van der Waals surface area (Å²) in [4.78, 5) is 2.75. The fraction of sp³-hybridized carbons (Fsp3) is 1.00. The highest BCUT2D eigenvalue weighted by atomic mass is 15.2. The third-order valence-electron chi connectivity index (χ3n) is 3.82. The molecule has 76 valence electrons. The van der Waals surface area contributed by atoms with Gasteiger partial charge in [-0.3, -0.25) is 4.90 Å². The molecule has 1 atom stereocenters. The second kappa shape index (κ2) is 3.97. The molecule has 1 unspecified atom stereocenters. The van der Waals surface area contributed by atoms with Crippen LogP contribution < -0.4 is 5.32 Å². The van der Waals surface area contributed by atoms with Crippen molar-refractivity contribution in [3.8, 4) is 0 Å². The van der Waals surface area contributed by atoms with Crippen LogP contribution >= 0.6 is 0 Å². The van der Waals surface area contributed by atoms with Crippen LogP contribution in [0.3, 0.4) is 0 Å². The van der Waals surface area contributed by atoms with Gasteiger partial charge in [0.15, 0.2) is 0 Å². The Kier molecular flexibility index (Phi) is 2.89. The molecule has 13 heavy (non-hydrogen) atoms. The largest absolute Gasteiger partial charge is 0.318 e. The van der Waals surface area contributed by atoms with Crippen molar-refractivity contribution in [2.24, 2.45) is 0 Å². The van der Waals surface area contributed by atoms with E-state index in [4.69, 9.17) is 0 Å². The molecule has 0 bridgehead atoms. The Balaban J connectivity index is 2.08. The smallest absolute Gasteiger partial charge is 0.0334 e. The van der Waals surface area contributed by atoms with Gasteiger partial charge in [-0.25, -0.2) is 0 Å². The van der Waals surface area contributed by atoms with E-state index >= 15 is 0 Å². The highest BCUT2D eigenvalue weighted by molar-refractivity contribution is 4.98. The Labute approximate surface area is 81.7 Å². The van der Waals surface area contributed by atoms with Crippen LogP contribution in [0.2, 0.25) is 0 Å². The van der Waals surface area contributed by atoms with E-state index in [2.05, 4.69) is 17.3 Å². The first kappa shape index (κ1) is 9.47. The third kappa shape index (κ3) is 1.75. The predicted octanol–water partition coefficient (Wildman–Crippen LogP) is 1.61. The molecule has 0 radical (unpaired) electrons. The zero-order valence-corrected chi connectivity index (χ0v) is 8.81. The van der Waals surface area contributed by atoms with Crippen LogP contribution in [0, 0.1) is 0 Å². The number of rotatable bonds is 2. The van der Waals surface area contributed by atoms with Crippen LogP contribution in [0.4, 0.5) is 0 Å². The van der Waals surface area contributed by atoms with Gasteiger partial charge < -0.3 is 5.32 Å². The predicted molar refractivity (Wildman–Crippen MR) is 55.9 cm³/mol. The lowest BCUT2D eigenvalue weighted by molar-refractivity contribution is 0.139. The van der Waals surface area contributed by atoms with E-state index in [1.54, 1.807) is 0 Å². The molecule has 2 nitrogen and oxygen atoms in total. The van der Waals surface area contributed by atoms with Crippen molar-refractivity contribution in [1.29, 1.82) is 0 Å². The Morgan fingerprint density at radius 1 is 1.08 bits per heavy atom. The van der Waals surface area contributed by atoms with Gasteiger partial charge in [0, 0.05) is 12.1 Å². The molecule has 2 fully saturated rings. The van der Waals surface area contributed by atoms with Crippen molar-refractivity contribution in [2.75, 3.05) is 26.7 Å². The zero-order valence-electron chi connectivity index (χ0n) is 8.81. The summed E-state index contributed by atoms with van der Waals surface area (Å²) in [5.74, 6) is 0. The minimum atomic E-state index is 0.547. The van der Waals surface area contributed by atoms with E-state index in [1.165, 1.54) is 58.2 Å². The molecular weight excluding hydrogens is 160 g/mol. The van der Waals surface area contributed by atoms with Gasteiger partial charge in [-0.2, -0.15) is 0 Å². The van der Waals surface area contributed by atoms with E-state index in [0.717, 1.165) is 0 Å². The van der Waals surface area contributed by atoms with Crippen molar-refractivity contribution in [3.05, 3.63) is 0 Å². The van der Waals surface area contributed by atoms with Crippen LogP contribution in [0.25, 0.3) is 0 Å². The summed E-state index contributed by atoms with van der Waals surface area (Å²) in [6.45, 7) is 3.90. The number of likely N-dealkylation sites (N-methyl/N-ethyl adjacent to an activating group) is 1. The average molecular weight is 182 g/mol. The molecule has 0 aliphatic carbocycles. The van der Waals surface area contributed by atoms with E-state index in [0.29, 0.717) is 5.54 Å². The zero-order chi connectivity index (χ0) is 9.15.